The molecule has 0 saturated heterocycles. The average Bonchev–Trinajstić information content (AvgIpc) is 2.94. The van der Waals surface area contributed by atoms with Gasteiger partial charge < -0.3 is 9.88 Å². The van der Waals surface area contributed by atoms with Crippen LogP contribution in [0.25, 0.3) is 10.9 Å². The maximum Gasteiger partial charge on any atom is 0.272 e. The highest BCUT2D eigenvalue weighted by molar-refractivity contribution is 6.06. The van der Waals surface area contributed by atoms with Crippen LogP contribution in [0, 0.1) is 5.92 Å². The van der Waals surface area contributed by atoms with Crippen LogP contribution in [0.4, 0.5) is 5.69 Å². The van der Waals surface area contributed by atoms with Crippen LogP contribution in [0.5, 0.6) is 0 Å². The summed E-state index contributed by atoms with van der Waals surface area (Å²) in [4.78, 5) is 24.4. The molecule has 0 unspecified atom stereocenters. The van der Waals surface area contributed by atoms with Crippen molar-refractivity contribution in [2.45, 2.75) is 20.3 Å². The Hall–Kier alpha value is -2.88. The Morgan fingerprint density at radius 3 is 2.36 bits per heavy atom. The fourth-order valence-electron chi connectivity index (χ4n) is 2.81. The number of carbonyl (C=O) groups is 2. The van der Waals surface area contributed by atoms with Crippen molar-refractivity contribution in [3.05, 3.63) is 65.9 Å². The molecule has 128 valence electrons. The molecule has 0 aliphatic heterocycles. The van der Waals surface area contributed by atoms with Gasteiger partial charge in [-0.15, -0.1) is 0 Å². The molecule has 0 atom stereocenters. The van der Waals surface area contributed by atoms with E-state index in [1.807, 2.05) is 80.1 Å². The van der Waals surface area contributed by atoms with Crippen LogP contribution >= 0.6 is 0 Å². The molecule has 0 radical (unpaired) electrons. The number of hydrogen-bond donors (Lipinski definition) is 1. The maximum atomic E-state index is 12.6. The smallest absolute Gasteiger partial charge is 0.272 e. The quantitative estimate of drug-likeness (QED) is 0.760. The first-order valence-corrected chi connectivity index (χ1v) is 8.43. The Kier molecular flexibility index (Phi) is 4.70. The van der Waals surface area contributed by atoms with Gasteiger partial charge in [0.05, 0.1) is 0 Å². The van der Waals surface area contributed by atoms with E-state index in [1.165, 1.54) is 0 Å². The number of Topliss-reactive ketones (excluding diaryl/α,β-unsaturated/α-hetero) is 1. The van der Waals surface area contributed by atoms with Crippen LogP contribution in [-0.4, -0.2) is 16.3 Å². The topological polar surface area (TPSA) is 51.1 Å². The molecule has 1 N–H and O–H groups in total. The minimum atomic E-state index is -0.148. The summed E-state index contributed by atoms with van der Waals surface area (Å²) in [5, 5.41) is 3.96. The highest BCUT2D eigenvalue weighted by Gasteiger charge is 2.13. The number of rotatable bonds is 5. The molecule has 0 fully saturated rings. The van der Waals surface area contributed by atoms with E-state index in [1.54, 1.807) is 0 Å². The van der Waals surface area contributed by atoms with Crippen molar-refractivity contribution in [1.82, 2.24) is 4.57 Å². The van der Waals surface area contributed by atoms with Crippen molar-refractivity contribution >= 4 is 28.3 Å². The zero-order chi connectivity index (χ0) is 18.0. The van der Waals surface area contributed by atoms with E-state index in [9.17, 15) is 9.59 Å². The zero-order valence-electron chi connectivity index (χ0n) is 14.7. The first kappa shape index (κ1) is 17.0. The number of aromatic nitrogens is 1. The Morgan fingerprint density at radius 1 is 1.04 bits per heavy atom. The van der Waals surface area contributed by atoms with Crippen molar-refractivity contribution < 1.29 is 9.59 Å². The number of nitrogens with zero attached hydrogens (tertiary/aromatic N) is 1. The number of hydrogen-bond acceptors (Lipinski definition) is 2. The molecular weight excluding hydrogens is 312 g/mol. The van der Waals surface area contributed by atoms with E-state index in [0.717, 1.165) is 22.2 Å². The van der Waals surface area contributed by atoms with E-state index in [4.69, 9.17) is 0 Å². The molecule has 4 heteroatoms. The number of amides is 1. The van der Waals surface area contributed by atoms with E-state index in [-0.39, 0.29) is 17.6 Å². The molecule has 25 heavy (non-hydrogen) atoms. The molecule has 3 rings (SSSR count). The molecule has 0 aliphatic carbocycles. The summed E-state index contributed by atoms with van der Waals surface area (Å²) in [5.74, 6) is 0.0999. The number of benzene rings is 2. The Labute approximate surface area is 147 Å². The lowest BCUT2D eigenvalue weighted by atomic mass is 10.0. The predicted molar refractivity (Wildman–Crippen MR) is 101 cm³/mol. The highest BCUT2D eigenvalue weighted by atomic mass is 16.2. The standard InChI is InChI=1S/C21H22N2O2/c1-14(2)20(24)12-15-8-10-17(11-9-15)22-21(25)19-13-16-6-4-5-7-18(16)23(19)3/h4-11,13-14H,12H2,1-3H3,(H,22,25). The van der Waals surface area contributed by atoms with E-state index in [2.05, 4.69) is 5.32 Å². The second kappa shape index (κ2) is 6.93. The van der Waals surface area contributed by atoms with E-state index in [0.29, 0.717) is 12.1 Å². The molecule has 0 bridgehead atoms. The number of fused-ring (bicyclic) bond motifs is 1. The number of para-hydroxylation sites is 1. The highest BCUT2D eigenvalue weighted by Crippen LogP contribution is 2.20. The third kappa shape index (κ3) is 3.63. The number of ketones is 1. The van der Waals surface area contributed by atoms with Crippen molar-refractivity contribution in [3.63, 3.8) is 0 Å². The third-order valence-corrected chi connectivity index (χ3v) is 4.42. The second-order valence-corrected chi connectivity index (χ2v) is 6.60. The summed E-state index contributed by atoms with van der Waals surface area (Å²) in [6.07, 6.45) is 0.426. The van der Waals surface area contributed by atoms with Crippen molar-refractivity contribution in [3.8, 4) is 0 Å². The van der Waals surface area contributed by atoms with Gasteiger partial charge in [0.15, 0.2) is 0 Å². The van der Waals surface area contributed by atoms with Gasteiger partial charge in [-0.05, 0) is 29.8 Å². The van der Waals surface area contributed by atoms with Gasteiger partial charge in [-0.3, -0.25) is 9.59 Å². The zero-order valence-corrected chi connectivity index (χ0v) is 14.7. The van der Waals surface area contributed by atoms with E-state index < -0.39 is 0 Å². The first-order chi connectivity index (χ1) is 12.0. The summed E-state index contributed by atoms with van der Waals surface area (Å²) in [6, 6.07) is 17.2. The van der Waals surface area contributed by atoms with Crippen LogP contribution in [0.1, 0.15) is 29.9 Å². The second-order valence-electron chi connectivity index (χ2n) is 6.60. The Balaban J connectivity index is 1.74. The lowest BCUT2D eigenvalue weighted by Crippen LogP contribution is -2.15. The molecule has 0 aliphatic rings. The largest absolute Gasteiger partial charge is 0.340 e. The molecular formula is C21H22N2O2. The van der Waals surface area contributed by atoms with Gasteiger partial charge in [0.25, 0.3) is 5.91 Å². The molecule has 1 amide bonds. The summed E-state index contributed by atoms with van der Waals surface area (Å²) in [5.41, 5.74) is 3.31. The average molecular weight is 334 g/mol. The summed E-state index contributed by atoms with van der Waals surface area (Å²) >= 11 is 0. The summed E-state index contributed by atoms with van der Waals surface area (Å²) in [6.45, 7) is 3.81. The Bertz CT molecular complexity index is 921. The van der Waals surface area contributed by atoms with Gasteiger partial charge in [-0.25, -0.2) is 0 Å². The summed E-state index contributed by atoms with van der Waals surface area (Å²) in [7, 11) is 1.89. The fourth-order valence-corrected chi connectivity index (χ4v) is 2.81. The third-order valence-electron chi connectivity index (χ3n) is 4.42. The molecule has 4 nitrogen and oxygen atoms in total. The van der Waals surface area contributed by atoms with Gasteiger partial charge >= 0.3 is 0 Å². The van der Waals surface area contributed by atoms with Gasteiger partial charge in [0.2, 0.25) is 0 Å². The van der Waals surface area contributed by atoms with Gasteiger partial charge in [0, 0.05) is 36.0 Å². The Morgan fingerprint density at radius 2 is 1.72 bits per heavy atom. The fraction of sp³-hybridized carbons (Fsp3) is 0.238. The monoisotopic (exact) mass is 334 g/mol. The maximum absolute atomic E-state index is 12.6. The van der Waals surface area contributed by atoms with Crippen LogP contribution in [0.15, 0.2) is 54.6 Å². The molecule has 2 aromatic carbocycles. The van der Waals surface area contributed by atoms with Crippen LogP contribution in [-0.2, 0) is 18.3 Å². The lowest BCUT2D eigenvalue weighted by molar-refractivity contribution is -0.121. The predicted octanol–water partition coefficient (Wildman–Crippen LogP) is 4.20. The number of carbonyl (C=O) groups excluding carboxylic acids is 2. The minimum absolute atomic E-state index is 0.0332. The number of aryl methyl sites for hydroxylation is 1. The van der Waals surface area contributed by atoms with Gasteiger partial charge in [0.1, 0.15) is 11.5 Å². The number of nitrogens with one attached hydrogen (secondary N) is 1. The molecule has 3 aromatic rings. The molecule has 1 heterocycles. The lowest BCUT2D eigenvalue weighted by Gasteiger charge is -2.08. The molecule has 0 saturated carbocycles. The van der Waals surface area contributed by atoms with E-state index >= 15 is 0 Å². The number of anilines is 1. The SMILES string of the molecule is CC(C)C(=O)Cc1ccc(NC(=O)c2cc3ccccc3n2C)cc1. The minimum Gasteiger partial charge on any atom is -0.340 e. The van der Waals surface area contributed by atoms with Crippen molar-refractivity contribution in [2.75, 3.05) is 5.32 Å². The normalized spacial score (nSPS) is 11.0. The van der Waals surface area contributed by atoms with Crippen molar-refractivity contribution in [2.24, 2.45) is 13.0 Å². The molecule has 1 aromatic heterocycles. The summed E-state index contributed by atoms with van der Waals surface area (Å²) < 4.78 is 1.89. The van der Waals surface area contributed by atoms with Crippen LogP contribution in [0.2, 0.25) is 0 Å². The van der Waals surface area contributed by atoms with Gasteiger partial charge in [-0.1, -0.05) is 44.2 Å². The van der Waals surface area contributed by atoms with Crippen LogP contribution < -0.4 is 5.32 Å². The van der Waals surface area contributed by atoms with Gasteiger partial charge in [-0.2, -0.15) is 0 Å². The molecule has 0 spiro atoms. The van der Waals surface area contributed by atoms with Crippen LogP contribution in [0.3, 0.4) is 0 Å². The van der Waals surface area contributed by atoms with Crippen molar-refractivity contribution in [1.29, 1.82) is 0 Å². The first-order valence-electron chi connectivity index (χ1n) is 8.43.